The lowest BCUT2D eigenvalue weighted by molar-refractivity contribution is -0.137. The van der Waals surface area contributed by atoms with Crippen molar-refractivity contribution < 1.29 is 27.9 Å². The van der Waals surface area contributed by atoms with Crippen LogP contribution in [0.5, 0.6) is 0 Å². The van der Waals surface area contributed by atoms with Crippen molar-refractivity contribution in [2.75, 3.05) is 0 Å². The Hall–Kier alpha value is -4.50. The van der Waals surface area contributed by atoms with Gasteiger partial charge in [-0.25, -0.2) is 4.79 Å². The molecule has 0 spiro atoms. The summed E-state index contributed by atoms with van der Waals surface area (Å²) >= 11 is 6.10. The molecule has 184 valence electrons. The SMILES string of the molecule is O=C(O)c1ccc(-c2nn(C(=O)c3c(Cl)cccc3C(F)(F)F)c3cc(-c4ccncc4)ccc23)cc1. The molecule has 3 aromatic carbocycles. The summed E-state index contributed by atoms with van der Waals surface area (Å²) in [5.74, 6) is -2.17. The number of benzene rings is 3. The molecule has 0 aliphatic carbocycles. The number of alkyl halides is 3. The maximum absolute atomic E-state index is 13.8. The van der Waals surface area contributed by atoms with Crippen LogP contribution in [-0.4, -0.2) is 31.7 Å². The Morgan fingerprint density at radius 2 is 1.54 bits per heavy atom. The van der Waals surface area contributed by atoms with E-state index in [0.717, 1.165) is 22.4 Å². The maximum Gasteiger partial charge on any atom is 0.417 e. The van der Waals surface area contributed by atoms with Crippen LogP contribution in [0.2, 0.25) is 5.02 Å². The minimum atomic E-state index is -4.82. The number of aromatic nitrogens is 3. The fourth-order valence-corrected chi connectivity index (χ4v) is 4.32. The van der Waals surface area contributed by atoms with E-state index in [0.29, 0.717) is 22.2 Å². The first-order chi connectivity index (χ1) is 17.6. The molecule has 0 radical (unpaired) electrons. The molecule has 0 fully saturated rings. The highest BCUT2D eigenvalue weighted by molar-refractivity contribution is 6.34. The third-order valence-corrected chi connectivity index (χ3v) is 6.14. The highest BCUT2D eigenvalue weighted by Gasteiger charge is 2.37. The molecule has 5 aromatic rings. The highest BCUT2D eigenvalue weighted by Crippen LogP contribution is 2.37. The summed E-state index contributed by atoms with van der Waals surface area (Å²) in [4.78, 5) is 28.9. The van der Waals surface area contributed by atoms with Crippen LogP contribution >= 0.6 is 11.6 Å². The van der Waals surface area contributed by atoms with E-state index >= 15 is 0 Å². The van der Waals surface area contributed by atoms with Gasteiger partial charge in [-0.2, -0.15) is 23.0 Å². The van der Waals surface area contributed by atoms with Crippen LogP contribution in [0.3, 0.4) is 0 Å². The molecule has 0 aliphatic rings. The molecule has 6 nitrogen and oxygen atoms in total. The van der Waals surface area contributed by atoms with Crippen molar-refractivity contribution in [1.29, 1.82) is 0 Å². The normalized spacial score (nSPS) is 11.6. The Morgan fingerprint density at radius 1 is 0.865 bits per heavy atom. The van der Waals surface area contributed by atoms with Gasteiger partial charge in [-0.3, -0.25) is 9.78 Å². The molecule has 0 saturated heterocycles. The van der Waals surface area contributed by atoms with Gasteiger partial charge in [0.1, 0.15) is 5.69 Å². The van der Waals surface area contributed by atoms with E-state index in [-0.39, 0.29) is 16.1 Å². The highest BCUT2D eigenvalue weighted by atomic mass is 35.5. The second kappa shape index (κ2) is 9.18. The van der Waals surface area contributed by atoms with Gasteiger partial charge in [0.15, 0.2) is 0 Å². The predicted octanol–water partition coefficient (Wildman–Crippen LogP) is 6.82. The number of hydrogen-bond donors (Lipinski definition) is 1. The number of carboxylic acids is 1. The molecule has 0 amide bonds. The third kappa shape index (κ3) is 4.45. The van der Waals surface area contributed by atoms with Crippen molar-refractivity contribution in [2.24, 2.45) is 0 Å². The van der Waals surface area contributed by atoms with Crippen molar-refractivity contribution >= 4 is 34.4 Å². The molecule has 0 atom stereocenters. The minimum absolute atomic E-state index is 0.0504. The van der Waals surface area contributed by atoms with Crippen LogP contribution in [0.25, 0.3) is 33.3 Å². The fourth-order valence-electron chi connectivity index (χ4n) is 4.06. The minimum Gasteiger partial charge on any atom is -0.478 e. The second-order valence-corrected chi connectivity index (χ2v) is 8.48. The topological polar surface area (TPSA) is 85.1 Å². The largest absolute Gasteiger partial charge is 0.478 e. The van der Waals surface area contributed by atoms with Crippen molar-refractivity contribution in [3.05, 3.63) is 107 Å². The number of pyridine rings is 1. The molecule has 2 heterocycles. The van der Waals surface area contributed by atoms with Crippen LogP contribution in [0.4, 0.5) is 13.2 Å². The molecular weight excluding hydrogens is 507 g/mol. The Balaban J connectivity index is 1.76. The van der Waals surface area contributed by atoms with Gasteiger partial charge in [0, 0.05) is 23.3 Å². The Morgan fingerprint density at radius 3 is 2.19 bits per heavy atom. The van der Waals surface area contributed by atoms with Gasteiger partial charge in [0.05, 0.1) is 27.2 Å². The zero-order valence-electron chi connectivity index (χ0n) is 18.7. The van der Waals surface area contributed by atoms with Crippen molar-refractivity contribution in [2.45, 2.75) is 6.18 Å². The Labute approximate surface area is 212 Å². The van der Waals surface area contributed by atoms with Crippen LogP contribution < -0.4 is 0 Å². The molecule has 0 aliphatic heterocycles. The third-order valence-electron chi connectivity index (χ3n) is 5.83. The summed E-state index contributed by atoms with van der Waals surface area (Å²) in [6.07, 6.45) is -1.63. The molecule has 2 aromatic heterocycles. The molecule has 1 N–H and O–H groups in total. The van der Waals surface area contributed by atoms with E-state index in [1.165, 1.54) is 30.3 Å². The molecule has 0 unspecified atom stereocenters. The fraction of sp³-hybridized carbons (Fsp3) is 0.0370. The van der Waals surface area contributed by atoms with E-state index in [9.17, 15) is 27.9 Å². The lowest BCUT2D eigenvalue weighted by atomic mass is 10.0. The van der Waals surface area contributed by atoms with E-state index in [4.69, 9.17) is 11.6 Å². The summed E-state index contributed by atoms with van der Waals surface area (Å²) in [5.41, 5.74) is 0.647. The first-order valence-electron chi connectivity index (χ1n) is 10.8. The number of nitrogens with zero attached hydrogens (tertiary/aromatic N) is 3. The Kier molecular flexibility index (Phi) is 6.01. The van der Waals surface area contributed by atoms with Crippen LogP contribution in [-0.2, 0) is 6.18 Å². The summed E-state index contributed by atoms with van der Waals surface area (Å²) in [6, 6.07) is 17.6. The zero-order chi connectivity index (χ0) is 26.3. The van der Waals surface area contributed by atoms with E-state index in [1.54, 1.807) is 42.7 Å². The summed E-state index contributed by atoms with van der Waals surface area (Å²) in [5, 5.41) is 13.7. The van der Waals surface area contributed by atoms with Crippen LogP contribution in [0, 0.1) is 0 Å². The van der Waals surface area contributed by atoms with Crippen molar-refractivity contribution in [3.8, 4) is 22.4 Å². The lowest BCUT2D eigenvalue weighted by Gasteiger charge is -2.13. The molecular formula is C27H15ClF3N3O3. The monoisotopic (exact) mass is 521 g/mol. The lowest BCUT2D eigenvalue weighted by Crippen LogP contribution is -2.20. The molecule has 10 heteroatoms. The van der Waals surface area contributed by atoms with Gasteiger partial charge in [-0.05, 0) is 59.7 Å². The number of hydrogen-bond acceptors (Lipinski definition) is 4. The summed E-state index contributed by atoms with van der Waals surface area (Å²) < 4.78 is 42.2. The average molecular weight is 522 g/mol. The van der Waals surface area contributed by atoms with E-state index in [1.807, 2.05) is 0 Å². The second-order valence-electron chi connectivity index (χ2n) is 8.08. The van der Waals surface area contributed by atoms with Gasteiger partial charge in [-0.1, -0.05) is 35.9 Å². The number of rotatable bonds is 4. The Bertz CT molecular complexity index is 1660. The standard InChI is InChI=1S/C27H15ClF3N3O3/c28-21-3-1-2-20(27(29,30)31)23(21)25(35)34-22-14-18(15-10-12-32-13-11-15)8-9-19(22)24(33-34)16-4-6-17(7-5-16)26(36)37/h1-14H,(H,36,37). The van der Waals surface area contributed by atoms with Gasteiger partial charge in [0.2, 0.25) is 0 Å². The van der Waals surface area contributed by atoms with Gasteiger partial charge in [-0.15, -0.1) is 0 Å². The number of fused-ring (bicyclic) bond motifs is 1. The predicted molar refractivity (Wildman–Crippen MR) is 132 cm³/mol. The number of aromatic carboxylic acids is 1. The van der Waals surface area contributed by atoms with Crippen LogP contribution in [0.15, 0.2) is 85.2 Å². The molecule has 37 heavy (non-hydrogen) atoms. The van der Waals surface area contributed by atoms with E-state index < -0.39 is 29.2 Å². The molecule has 0 saturated carbocycles. The number of carbonyl (C=O) groups excluding carboxylic acids is 1. The van der Waals surface area contributed by atoms with Crippen molar-refractivity contribution in [1.82, 2.24) is 14.8 Å². The smallest absolute Gasteiger partial charge is 0.417 e. The first kappa shape index (κ1) is 24.2. The van der Waals surface area contributed by atoms with Crippen molar-refractivity contribution in [3.63, 3.8) is 0 Å². The summed E-state index contributed by atoms with van der Waals surface area (Å²) in [7, 11) is 0. The number of carbonyl (C=O) groups is 2. The average Bonchev–Trinajstić information content (AvgIpc) is 3.27. The quantitative estimate of drug-likeness (QED) is 0.280. The van der Waals surface area contributed by atoms with Gasteiger partial charge >= 0.3 is 12.1 Å². The number of halogens is 4. The molecule has 5 rings (SSSR count). The zero-order valence-corrected chi connectivity index (χ0v) is 19.5. The molecule has 0 bridgehead atoms. The van der Waals surface area contributed by atoms with E-state index in [2.05, 4.69) is 10.1 Å². The number of carboxylic acid groups (broad SMARTS) is 1. The van der Waals surface area contributed by atoms with Crippen LogP contribution in [0.1, 0.15) is 26.3 Å². The van der Waals surface area contributed by atoms with Gasteiger partial charge < -0.3 is 5.11 Å². The maximum atomic E-state index is 13.8. The first-order valence-corrected chi connectivity index (χ1v) is 11.2. The van der Waals surface area contributed by atoms with Gasteiger partial charge in [0.25, 0.3) is 5.91 Å². The summed E-state index contributed by atoms with van der Waals surface area (Å²) in [6.45, 7) is 0.